The number of para-hydroxylation sites is 1. The van der Waals surface area contributed by atoms with E-state index >= 15 is 0 Å². The average molecular weight is 867 g/mol. The molecule has 7 aromatic rings. The van der Waals surface area contributed by atoms with Crippen LogP contribution in [0.5, 0.6) is 5.75 Å². The molecule has 2 N–H and O–H groups in total. The number of hydrogen-bond acceptors (Lipinski definition) is 4. The van der Waals surface area contributed by atoms with E-state index in [4.69, 9.17) is 9.15 Å². The van der Waals surface area contributed by atoms with Crippen molar-refractivity contribution in [1.29, 1.82) is 0 Å². The molecule has 0 saturated heterocycles. The summed E-state index contributed by atoms with van der Waals surface area (Å²) in [5, 5.41) is 8.75. The zero-order chi connectivity index (χ0) is 45.8. The second-order valence-corrected chi connectivity index (χ2v) is 16.9. The highest BCUT2D eigenvalue weighted by molar-refractivity contribution is 6.03. The Hall–Kier alpha value is -7.30. The van der Waals surface area contributed by atoms with E-state index in [0.29, 0.717) is 12.5 Å². The number of fused-ring (bicyclic) bond motifs is 7. The Balaban J connectivity index is 0.000000679. The summed E-state index contributed by atoms with van der Waals surface area (Å²) in [5.74, 6) is 2.55. The van der Waals surface area contributed by atoms with E-state index in [0.717, 1.165) is 69.0 Å². The van der Waals surface area contributed by atoms with Gasteiger partial charge in [-0.25, -0.2) is 0 Å². The third-order valence-corrected chi connectivity index (χ3v) is 12.6. The number of furan rings is 1. The van der Waals surface area contributed by atoms with Gasteiger partial charge in [0.1, 0.15) is 23.2 Å². The maximum absolute atomic E-state index is 6.99. The van der Waals surface area contributed by atoms with Crippen molar-refractivity contribution in [2.45, 2.75) is 71.4 Å². The summed E-state index contributed by atoms with van der Waals surface area (Å²) in [7, 11) is 0. The fraction of sp³-hybridized carbons (Fsp3) is 0.194. The van der Waals surface area contributed by atoms with Gasteiger partial charge >= 0.3 is 0 Å². The third kappa shape index (κ3) is 10.1. The van der Waals surface area contributed by atoms with Gasteiger partial charge in [-0.3, -0.25) is 0 Å². The van der Waals surface area contributed by atoms with E-state index in [2.05, 4.69) is 184 Å². The van der Waals surface area contributed by atoms with E-state index < -0.39 is 0 Å². The van der Waals surface area contributed by atoms with Gasteiger partial charge in [-0.15, -0.1) is 0 Å². The highest BCUT2D eigenvalue weighted by Crippen LogP contribution is 2.45. The van der Waals surface area contributed by atoms with Gasteiger partial charge in [0, 0.05) is 40.4 Å². The van der Waals surface area contributed by atoms with Crippen LogP contribution in [0, 0.1) is 0 Å². The van der Waals surface area contributed by atoms with Crippen LogP contribution < -0.4 is 15.4 Å². The maximum atomic E-state index is 6.99. The summed E-state index contributed by atoms with van der Waals surface area (Å²) in [4.78, 5) is 0. The zero-order valence-corrected chi connectivity index (χ0v) is 39.0. The first-order valence-corrected chi connectivity index (χ1v) is 23.6. The number of rotatable bonds is 9. The highest BCUT2D eigenvalue weighted by atomic mass is 16.5. The second kappa shape index (κ2) is 21.6. The Morgan fingerprint density at radius 2 is 1.47 bits per heavy atom. The molecule has 66 heavy (non-hydrogen) atoms. The van der Waals surface area contributed by atoms with E-state index in [1.165, 1.54) is 33.4 Å². The van der Waals surface area contributed by atoms with Crippen molar-refractivity contribution < 1.29 is 9.15 Å². The third-order valence-electron chi connectivity index (χ3n) is 12.6. The molecule has 4 heteroatoms. The Kier molecular flexibility index (Phi) is 14.8. The van der Waals surface area contributed by atoms with Crippen molar-refractivity contribution in [3.05, 3.63) is 240 Å². The molecule has 3 aliphatic rings. The van der Waals surface area contributed by atoms with Crippen LogP contribution in [0.25, 0.3) is 44.9 Å². The van der Waals surface area contributed by atoms with Crippen LogP contribution in [0.1, 0.15) is 80.0 Å². The molecule has 0 fully saturated rings. The lowest BCUT2D eigenvalue weighted by molar-refractivity contribution is 0.267. The molecule has 1 aromatic heterocycles. The predicted molar refractivity (Wildman–Crippen MR) is 281 cm³/mol. The van der Waals surface area contributed by atoms with Crippen LogP contribution in [0.4, 0.5) is 5.69 Å². The number of ether oxygens (including phenoxy) is 1. The van der Waals surface area contributed by atoms with Crippen LogP contribution in [-0.2, 0) is 12.8 Å². The Morgan fingerprint density at radius 3 is 2.26 bits per heavy atom. The van der Waals surface area contributed by atoms with Crippen LogP contribution >= 0.6 is 0 Å². The molecule has 4 atom stereocenters. The SMILES string of the molecule is C=C/C=C\C(=C/CNc1ccc2c3c(oc2c1-c1ccccc1)C(C)C(NC1=C/Cc2ccccc2OC(C)/C=C\1)C=C3)c1ccc2c(c1)-c1ccccc1C(C)C2.CC.c1ccccc1. The molecule has 0 spiro atoms. The molecule has 1 aliphatic heterocycles. The predicted octanol–water partition coefficient (Wildman–Crippen LogP) is 15.9. The minimum atomic E-state index is -0.0403. The molecule has 332 valence electrons. The molecule has 4 nitrogen and oxygen atoms in total. The topological polar surface area (TPSA) is 46.4 Å². The lowest BCUT2D eigenvalue weighted by Crippen LogP contribution is -2.32. The number of nitrogens with one attached hydrogen (secondary N) is 2. The van der Waals surface area contributed by atoms with Gasteiger partial charge in [-0.2, -0.15) is 0 Å². The molecule has 2 aliphatic carbocycles. The van der Waals surface area contributed by atoms with Gasteiger partial charge < -0.3 is 19.8 Å². The van der Waals surface area contributed by atoms with E-state index in [1.807, 2.05) is 68.5 Å². The minimum absolute atomic E-state index is 0.0403. The van der Waals surface area contributed by atoms with Crippen molar-refractivity contribution in [3.8, 4) is 28.0 Å². The molecule has 10 rings (SSSR count). The summed E-state index contributed by atoms with van der Waals surface area (Å²) < 4.78 is 13.2. The van der Waals surface area contributed by atoms with Crippen molar-refractivity contribution in [2.24, 2.45) is 0 Å². The standard InChI is InChI=1S/C54H50N2O2.C6H6.C2H6/c1-5-6-14-38(41-22-23-42-33-35(2)44-18-11-12-19-45(44)48(42)34-41)31-32-55-50-30-28-47-46-27-29-49(37(4)53(46)58-54(47)52(50)40-16-8-7-9-17-40)56-43-25-21-36(3)57-51-20-13-10-15-39(51)24-26-43;1-2-4-6-5-3-1;1-2/h5-23,25-31,34-37,49,55-56H,1,24,32-33H2,2-4H3;1-6H;1-2H3/b14-6-,25-21-,38-31+,43-26+;;. The Bertz CT molecular complexity index is 2880. The lowest BCUT2D eigenvalue weighted by atomic mass is 9.78. The lowest BCUT2D eigenvalue weighted by Gasteiger charge is -2.26. The summed E-state index contributed by atoms with van der Waals surface area (Å²) in [6, 6.07) is 51.2. The number of anilines is 1. The van der Waals surface area contributed by atoms with Crippen molar-refractivity contribution in [1.82, 2.24) is 5.32 Å². The normalized spacial score (nSPS) is 19.5. The molecule has 0 saturated carbocycles. The first-order valence-electron chi connectivity index (χ1n) is 23.6. The van der Waals surface area contributed by atoms with Gasteiger partial charge in [0.15, 0.2) is 0 Å². The summed E-state index contributed by atoms with van der Waals surface area (Å²) in [5.41, 5.74) is 15.4. The molecular formula is C62H62N2O2. The number of hydrogen-bond donors (Lipinski definition) is 2. The van der Waals surface area contributed by atoms with Crippen molar-refractivity contribution in [2.75, 3.05) is 11.9 Å². The van der Waals surface area contributed by atoms with Crippen LogP contribution in [-0.4, -0.2) is 18.7 Å². The van der Waals surface area contributed by atoms with Gasteiger partial charge in [-0.1, -0.05) is 198 Å². The van der Waals surface area contributed by atoms with Crippen LogP contribution in [0.2, 0.25) is 0 Å². The van der Waals surface area contributed by atoms with Crippen LogP contribution in [0.15, 0.2) is 211 Å². The van der Waals surface area contributed by atoms with E-state index in [9.17, 15) is 0 Å². The molecule has 0 bridgehead atoms. The fourth-order valence-electron chi connectivity index (χ4n) is 9.21. The molecule has 4 unspecified atom stereocenters. The smallest absolute Gasteiger partial charge is 0.144 e. The first-order chi connectivity index (χ1) is 32.4. The quantitative estimate of drug-likeness (QED) is 0.142. The number of allylic oxidation sites excluding steroid dienone is 6. The highest BCUT2D eigenvalue weighted by Gasteiger charge is 2.30. The molecule has 0 amide bonds. The molecule has 2 heterocycles. The Labute approximate surface area is 392 Å². The van der Waals surface area contributed by atoms with Crippen molar-refractivity contribution in [3.63, 3.8) is 0 Å². The maximum Gasteiger partial charge on any atom is 0.144 e. The van der Waals surface area contributed by atoms with Crippen molar-refractivity contribution >= 4 is 28.3 Å². The summed E-state index contributed by atoms with van der Waals surface area (Å²) in [6.07, 6.45) is 21.1. The molecule has 6 aromatic carbocycles. The Morgan fingerprint density at radius 1 is 0.742 bits per heavy atom. The van der Waals surface area contributed by atoms with E-state index in [1.54, 1.807) is 0 Å². The first kappa shape index (κ1) is 45.3. The number of benzene rings is 6. The average Bonchev–Trinajstić information content (AvgIpc) is 3.78. The minimum Gasteiger partial charge on any atom is -0.486 e. The largest absolute Gasteiger partial charge is 0.486 e. The summed E-state index contributed by atoms with van der Waals surface area (Å²) in [6.45, 7) is 15.3. The fourth-order valence-corrected chi connectivity index (χ4v) is 9.21. The summed E-state index contributed by atoms with van der Waals surface area (Å²) >= 11 is 0. The van der Waals surface area contributed by atoms with Gasteiger partial charge in [0.25, 0.3) is 0 Å². The molecule has 0 radical (unpaired) electrons. The zero-order valence-electron chi connectivity index (χ0n) is 39.0. The van der Waals surface area contributed by atoms with Gasteiger partial charge in [0.2, 0.25) is 0 Å². The van der Waals surface area contributed by atoms with Gasteiger partial charge in [-0.05, 0) is 107 Å². The van der Waals surface area contributed by atoms with Gasteiger partial charge in [0.05, 0.1) is 6.04 Å². The molecular weight excluding hydrogens is 805 g/mol. The van der Waals surface area contributed by atoms with E-state index in [-0.39, 0.29) is 18.1 Å². The monoisotopic (exact) mass is 866 g/mol. The van der Waals surface area contributed by atoms with Crippen LogP contribution in [0.3, 0.4) is 0 Å². The second-order valence-electron chi connectivity index (χ2n) is 16.9.